The van der Waals surface area contributed by atoms with E-state index >= 15 is 0 Å². The second kappa shape index (κ2) is 7.53. The highest BCUT2D eigenvalue weighted by molar-refractivity contribution is 5.86. The average molecular weight is 264 g/mol. The summed E-state index contributed by atoms with van der Waals surface area (Å²) in [4.78, 5) is 23.8. The summed E-state index contributed by atoms with van der Waals surface area (Å²) in [7, 11) is 0. The number of ether oxygens (including phenoxy) is 1. The first-order chi connectivity index (χ1) is 9.10. The second-order valence-electron chi connectivity index (χ2n) is 4.24. The third kappa shape index (κ3) is 4.37. The summed E-state index contributed by atoms with van der Waals surface area (Å²) in [6.07, 6.45) is 0. The van der Waals surface area contributed by atoms with Crippen molar-refractivity contribution < 1.29 is 14.3 Å². The number of hydrogen-bond donors (Lipinski definition) is 2. The molecule has 0 aliphatic heterocycles. The largest absolute Gasteiger partial charge is 0.464 e. The first-order valence-electron chi connectivity index (χ1n) is 6.32. The summed E-state index contributed by atoms with van der Waals surface area (Å²) in [5, 5.41) is 2.68. The standard InChI is InChI=1S/C14H20N2O3/c1-3-19-14(18)12(11-7-5-4-6-8-11)16-13(17)10(2)9-15/h4-8,10,12H,3,9,15H2,1-2H3,(H,16,17)/t10?,12-/m1/s1. The smallest absolute Gasteiger partial charge is 0.333 e. The normalized spacial score (nSPS) is 13.4. The summed E-state index contributed by atoms with van der Waals surface area (Å²) in [5.74, 6) is -1.07. The van der Waals surface area contributed by atoms with Gasteiger partial charge in [-0.05, 0) is 12.5 Å². The molecule has 2 atom stereocenters. The van der Waals surface area contributed by atoms with Gasteiger partial charge < -0.3 is 15.8 Å². The maximum absolute atomic E-state index is 11.9. The van der Waals surface area contributed by atoms with Crippen molar-refractivity contribution in [1.82, 2.24) is 5.32 Å². The van der Waals surface area contributed by atoms with Crippen LogP contribution in [0.5, 0.6) is 0 Å². The van der Waals surface area contributed by atoms with Crippen molar-refractivity contribution in [3.05, 3.63) is 35.9 Å². The number of esters is 1. The molecule has 0 aliphatic rings. The number of carbonyl (C=O) groups is 2. The summed E-state index contributed by atoms with van der Waals surface area (Å²) >= 11 is 0. The molecule has 0 aromatic heterocycles. The van der Waals surface area contributed by atoms with Crippen molar-refractivity contribution in [3.63, 3.8) is 0 Å². The molecule has 19 heavy (non-hydrogen) atoms. The van der Waals surface area contributed by atoms with Crippen LogP contribution in [0.4, 0.5) is 0 Å². The van der Waals surface area contributed by atoms with Crippen LogP contribution in [0.1, 0.15) is 25.5 Å². The van der Waals surface area contributed by atoms with E-state index in [1.807, 2.05) is 6.07 Å². The second-order valence-corrected chi connectivity index (χ2v) is 4.24. The third-order valence-corrected chi connectivity index (χ3v) is 2.74. The quantitative estimate of drug-likeness (QED) is 0.751. The Labute approximate surface area is 113 Å². The number of amides is 1. The predicted octanol–water partition coefficient (Wildman–Crippen LogP) is 1.00. The molecule has 0 spiro atoms. The van der Waals surface area contributed by atoms with E-state index in [0.717, 1.165) is 0 Å². The van der Waals surface area contributed by atoms with Gasteiger partial charge in [-0.3, -0.25) is 4.79 Å². The summed E-state index contributed by atoms with van der Waals surface area (Å²) in [5.41, 5.74) is 6.14. The molecule has 1 rings (SSSR count). The Kier molecular flexibility index (Phi) is 6.02. The van der Waals surface area contributed by atoms with Gasteiger partial charge in [0.1, 0.15) is 0 Å². The Morgan fingerprint density at radius 3 is 2.47 bits per heavy atom. The molecule has 5 heteroatoms. The zero-order valence-electron chi connectivity index (χ0n) is 11.3. The Balaban J connectivity index is 2.88. The predicted molar refractivity (Wildman–Crippen MR) is 72.2 cm³/mol. The molecule has 0 radical (unpaired) electrons. The molecule has 5 nitrogen and oxygen atoms in total. The topological polar surface area (TPSA) is 81.4 Å². The zero-order chi connectivity index (χ0) is 14.3. The molecule has 104 valence electrons. The minimum atomic E-state index is -0.789. The molecular formula is C14H20N2O3. The minimum Gasteiger partial charge on any atom is -0.464 e. The van der Waals surface area contributed by atoms with Gasteiger partial charge in [-0.25, -0.2) is 4.79 Å². The van der Waals surface area contributed by atoms with Gasteiger partial charge in [-0.1, -0.05) is 37.3 Å². The van der Waals surface area contributed by atoms with Crippen LogP contribution < -0.4 is 11.1 Å². The van der Waals surface area contributed by atoms with E-state index in [1.54, 1.807) is 38.1 Å². The van der Waals surface area contributed by atoms with Crippen LogP contribution in [0.15, 0.2) is 30.3 Å². The average Bonchev–Trinajstić information content (AvgIpc) is 2.44. The number of nitrogens with one attached hydrogen (secondary N) is 1. The maximum Gasteiger partial charge on any atom is 0.333 e. The van der Waals surface area contributed by atoms with Gasteiger partial charge in [0, 0.05) is 12.5 Å². The Morgan fingerprint density at radius 1 is 1.32 bits per heavy atom. The van der Waals surface area contributed by atoms with E-state index in [4.69, 9.17) is 10.5 Å². The Morgan fingerprint density at radius 2 is 1.95 bits per heavy atom. The van der Waals surface area contributed by atoms with Crippen LogP contribution >= 0.6 is 0 Å². The lowest BCUT2D eigenvalue weighted by Crippen LogP contribution is -2.39. The van der Waals surface area contributed by atoms with Gasteiger partial charge in [0.15, 0.2) is 6.04 Å². The summed E-state index contributed by atoms with van der Waals surface area (Å²) in [6.45, 7) is 3.94. The number of nitrogens with two attached hydrogens (primary N) is 1. The molecule has 1 amide bonds. The van der Waals surface area contributed by atoms with Crippen molar-refractivity contribution in [1.29, 1.82) is 0 Å². The number of hydrogen-bond acceptors (Lipinski definition) is 4. The van der Waals surface area contributed by atoms with Crippen LogP contribution in [0.2, 0.25) is 0 Å². The van der Waals surface area contributed by atoms with Gasteiger partial charge in [-0.2, -0.15) is 0 Å². The summed E-state index contributed by atoms with van der Waals surface area (Å²) in [6, 6.07) is 8.21. The van der Waals surface area contributed by atoms with Crippen LogP contribution in [0.25, 0.3) is 0 Å². The van der Waals surface area contributed by atoms with E-state index < -0.39 is 12.0 Å². The Bertz CT molecular complexity index is 420. The minimum absolute atomic E-state index is 0.232. The van der Waals surface area contributed by atoms with Gasteiger partial charge in [0.25, 0.3) is 0 Å². The number of carbonyl (C=O) groups excluding carboxylic acids is 2. The fourth-order valence-electron chi connectivity index (χ4n) is 1.54. The van der Waals surface area contributed by atoms with E-state index in [0.29, 0.717) is 5.56 Å². The Hall–Kier alpha value is -1.88. The zero-order valence-corrected chi connectivity index (χ0v) is 11.3. The first-order valence-corrected chi connectivity index (χ1v) is 6.32. The molecule has 1 aromatic carbocycles. The van der Waals surface area contributed by atoms with Crippen LogP contribution in [-0.4, -0.2) is 25.0 Å². The van der Waals surface area contributed by atoms with Gasteiger partial charge in [0.05, 0.1) is 6.61 Å². The molecule has 3 N–H and O–H groups in total. The fourth-order valence-corrected chi connectivity index (χ4v) is 1.54. The van der Waals surface area contributed by atoms with Gasteiger partial charge in [0.2, 0.25) is 5.91 Å². The third-order valence-electron chi connectivity index (χ3n) is 2.74. The molecule has 0 fully saturated rings. The van der Waals surface area contributed by atoms with Crippen molar-refractivity contribution in [2.45, 2.75) is 19.9 Å². The molecule has 1 unspecified atom stereocenters. The number of benzene rings is 1. The molecule has 0 heterocycles. The monoisotopic (exact) mass is 264 g/mol. The highest BCUT2D eigenvalue weighted by Crippen LogP contribution is 2.15. The van der Waals surface area contributed by atoms with Gasteiger partial charge in [-0.15, -0.1) is 0 Å². The summed E-state index contributed by atoms with van der Waals surface area (Å²) < 4.78 is 4.99. The van der Waals surface area contributed by atoms with Crippen LogP contribution in [0, 0.1) is 5.92 Å². The number of rotatable bonds is 6. The molecule has 0 saturated carbocycles. The van der Waals surface area contributed by atoms with Crippen molar-refractivity contribution in [3.8, 4) is 0 Å². The van der Waals surface area contributed by atoms with Crippen molar-refractivity contribution in [2.75, 3.05) is 13.2 Å². The lowest BCUT2D eigenvalue weighted by atomic mass is 10.1. The highest BCUT2D eigenvalue weighted by Gasteiger charge is 2.25. The van der Waals surface area contributed by atoms with Crippen LogP contribution in [0.3, 0.4) is 0 Å². The van der Waals surface area contributed by atoms with Crippen molar-refractivity contribution >= 4 is 11.9 Å². The molecule has 0 bridgehead atoms. The molecular weight excluding hydrogens is 244 g/mol. The molecule has 1 aromatic rings. The lowest BCUT2D eigenvalue weighted by Gasteiger charge is -2.19. The van der Waals surface area contributed by atoms with E-state index in [9.17, 15) is 9.59 Å². The van der Waals surface area contributed by atoms with Gasteiger partial charge >= 0.3 is 5.97 Å². The van der Waals surface area contributed by atoms with E-state index in [1.165, 1.54) is 0 Å². The van der Waals surface area contributed by atoms with Crippen LogP contribution in [-0.2, 0) is 14.3 Å². The molecule has 0 saturated heterocycles. The highest BCUT2D eigenvalue weighted by atomic mass is 16.5. The first kappa shape index (κ1) is 15.2. The lowest BCUT2D eigenvalue weighted by molar-refractivity contribution is -0.148. The SMILES string of the molecule is CCOC(=O)[C@H](NC(=O)C(C)CN)c1ccccc1. The maximum atomic E-state index is 11.9. The van der Waals surface area contributed by atoms with E-state index in [-0.39, 0.29) is 25.0 Å². The van der Waals surface area contributed by atoms with E-state index in [2.05, 4.69) is 5.32 Å². The van der Waals surface area contributed by atoms with Crippen molar-refractivity contribution in [2.24, 2.45) is 11.7 Å². The fraction of sp³-hybridized carbons (Fsp3) is 0.429. The molecule has 0 aliphatic carbocycles.